The number of carbonyl (C=O) groups is 3. The first-order valence-electron chi connectivity index (χ1n) is 9.57. The van der Waals surface area contributed by atoms with Crippen LogP contribution in [0.3, 0.4) is 0 Å². The number of urea groups is 1. The van der Waals surface area contributed by atoms with Gasteiger partial charge in [-0.2, -0.15) is 0 Å². The van der Waals surface area contributed by atoms with Crippen LogP contribution >= 0.6 is 11.3 Å². The molecule has 1 aromatic heterocycles. The largest absolute Gasteiger partial charge is 0.325 e. The molecule has 0 unspecified atom stereocenters. The summed E-state index contributed by atoms with van der Waals surface area (Å²) in [7, 11) is 0. The molecule has 5 nitrogen and oxygen atoms in total. The minimum Gasteiger partial charge on any atom is -0.319 e. The van der Waals surface area contributed by atoms with Gasteiger partial charge in [0, 0.05) is 16.0 Å². The molecule has 2 aromatic rings. The van der Waals surface area contributed by atoms with Crippen LogP contribution in [0.5, 0.6) is 0 Å². The van der Waals surface area contributed by atoms with Crippen molar-refractivity contribution in [2.75, 3.05) is 6.54 Å². The van der Waals surface area contributed by atoms with E-state index in [-0.39, 0.29) is 23.7 Å². The third kappa shape index (κ3) is 2.96. The molecule has 0 saturated carbocycles. The fraction of sp³-hybridized carbons (Fsp3) is 0.409. The Balaban J connectivity index is 1.56. The summed E-state index contributed by atoms with van der Waals surface area (Å²) in [5.74, 6) is -0.543. The normalized spacial score (nSPS) is 21.8. The van der Waals surface area contributed by atoms with Crippen molar-refractivity contribution in [2.24, 2.45) is 0 Å². The second-order valence-corrected chi connectivity index (χ2v) is 9.59. The van der Waals surface area contributed by atoms with Gasteiger partial charge in [0.1, 0.15) is 5.54 Å². The minimum absolute atomic E-state index is 0.00200. The first-order chi connectivity index (χ1) is 13.2. The van der Waals surface area contributed by atoms with Crippen molar-refractivity contribution in [1.82, 2.24) is 10.2 Å². The number of fused-ring (bicyclic) bond motifs is 2. The lowest BCUT2D eigenvalue weighted by Crippen LogP contribution is -2.46. The van der Waals surface area contributed by atoms with Gasteiger partial charge in [0.2, 0.25) is 0 Å². The zero-order chi connectivity index (χ0) is 20.1. The molecule has 4 rings (SSSR count). The highest BCUT2D eigenvalue weighted by Gasteiger charge is 2.54. The molecule has 1 aromatic carbocycles. The summed E-state index contributed by atoms with van der Waals surface area (Å²) in [4.78, 5) is 40.8. The molecular weight excluding hydrogens is 372 g/mol. The molecule has 1 N–H and O–H groups in total. The number of amides is 3. The Kier molecular flexibility index (Phi) is 4.42. The van der Waals surface area contributed by atoms with Gasteiger partial charge in [-0.25, -0.2) is 4.79 Å². The Morgan fingerprint density at radius 3 is 2.57 bits per heavy atom. The molecule has 6 heteroatoms. The third-order valence-corrected chi connectivity index (χ3v) is 6.69. The van der Waals surface area contributed by atoms with Crippen LogP contribution in [-0.4, -0.2) is 29.2 Å². The van der Waals surface area contributed by atoms with Gasteiger partial charge in [0.25, 0.3) is 5.91 Å². The van der Waals surface area contributed by atoms with E-state index >= 15 is 0 Å². The lowest BCUT2D eigenvalue weighted by atomic mass is 9.80. The number of nitrogens with one attached hydrogen (secondary N) is 1. The maximum Gasteiger partial charge on any atom is 0.325 e. The first kappa shape index (κ1) is 18.9. The quantitative estimate of drug-likeness (QED) is 0.630. The zero-order valence-electron chi connectivity index (χ0n) is 16.4. The monoisotopic (exact) mass is 396 g/mol. The molecule has 3 amide bonds. The summed E-state index contributed by atoms with van der Waals surface area (Å²) in [5.41, 5.74) is 1.53. The average Bonchev–Trinajstić information content (AvgIpc) is 3.22. The fourth-order valence-electron chi connectivity index (χ4n) is 4.08. The number of carbonyl (C=O) groups excluding carboxylic acids is 3. The molecule has 2 aliphatic rings. The van der Waals surface area contributed by atoms with Crippen LogP contribution in [0.25, 0.3) is 0 Å². The topological polar surface area (TPSA) is 66.5 Å². The van der Waals surface area contributed by atoms with E-state index in [9.17, 15) is 14.4 Å². The van der Waals surface area contributed by atoms with E-state index < -0.39 is 11.6 Å². The van der Waals surface area contributed by atoms with Gasteiger partial charge in [0.05, 0.1) is 6.54 Å². The number of hydrogen-bond acceptors (Lipinski definition) is 4. The Bertz CT molecular complexity index is 955. The van der Waals surface area contributed by atoms with Gasteiger partial charge in [-0.05, 0) is 41.7 Å². The van der Waals surface area contributed by atoms with Crippen molar-refractivity contribution in [2.45, 2.75) is 51.0 Å². The van der Waals surface area contributed by atoms with Gasteiger partial charge in [-0.15, -0.1) is 11.3 Å². The summed E-state index contributed by atoms with van der Waals surface area (Å²) in [6.07, 6.45) is 2.35. The molecule has 1 aliphatic carbocycles. The van der Waals surface area contributed by atoms with Crippen LogP contribution in [0, 0.1) is 0 Å². The van der Waals surface area contributed by atoms with Crippen molar-refractivity contribution >= 4 is 29.1 Å². The number of imide groups is 1. The zero-order valence-corrected chi connectivity index (χ0v) is 17.2. The highest BCUT2D eigenvalue weighted by molar-refractivity contribution is 7.10. The number of hydrogen-bond donors (Lipinski definition) is 1. The smallest absolute Gasteiger partial charge is 0.319 e. The molecule has 146 valence electrons. The van der Waals surface area contributed by atoms with E-state index in [1.54, 1.807) is 23.5 Å². The van der Waals surface area contributed by atoms with Crippen molar-refractivity contribution in [3.8, 4) is 0 Å². The predicted octanol–water partition coefficient (Wildman–Crippen LogP) is 4.01. The van der Waals surface area contributed by atoms with Crippen LogP contribution in [0.15, 0.2) is 35.7 Å². The summed E-state index contributed by atoms with van der Waals surface area (Å²) in [5, 5.41) is 4.85. The Labute approximate surface area is 168 Å². The van der Waals surface area contributed by atoms with Gasteiger partial charge in [-0.1, -0.05) is 45.0 Å². The molecule has 1 fully saturated rings. The molecule has 0 bridgehead atoms. The molecule has 1 spiro atoms. The summed E-state index contributed by atoms with van der Waals surface area (Å²) in [6, 6.07) is 8.85. The highest BCUT2D eigenvalue weighted by Crippen LogP contribution is 2.42. The number of nitrogens with zero attached hydrogens (tertiary/aromatic N) is 1. The molecule has 28 heavy (non-hydrogen) atoms. The Hall–Kier alpha value is -2.47. The van der Waals surface area contributed by atoms with Crippen molar-refractivity contribution in [3.05, 3.63) is 57.3 Å². The van der Waals surface area contributed by atoms with Crippen LogP contribution in [-0.2, 0) is 22.2 Å². The van der Waals surface area contributed by atoms with E-state index in [1.807, 2.05) is 23.6 Å². The second kappa shape index (κ2) is 6.55. The summed E-state index contributed by atoms with van der Waals surface area (Å²) < 4.78 is 0. The third-order valence-electron chi connectivity index (χ3n) is 5.71. The van der Waals surface area contributed by atoms with Gasteiger partial charge < -0.3 is 5.32 Å². The number of thiophene rings is 1. The Morgan fingerprint density at radius 2 is 1.89 bits per heavy atom. The lowest BCUT2D eigenvalue weighted by molar-refractivity contribution is -0.131. The fourth-order valence-corrected chi connectivity index (χ4v) is 5.08. The van der Waals surface area contributed by atoms with Gasteiger partial charge >= 0.3 is 6.03 Å². The lowest BCUT2D eigenvalue weighted by Gasteiger charge is -2.31. The van der Waals surface area contributed by atoms with Crippen LogP contribution < -0.4 is 5.32 Å². The van der Waals surface area contributed by atoms with Crippen molar-refractivity contribution in [1.29, 1.82) is 0 Å². The number of Topliss-reactive ketones (excluding diaryl/α,β-unsaturated/α-hetero) is 1. The average molecular weight is 397 g/mol. The molecule has 2 heterocycles. The van der Waals surface area contributed by atoms with Crippen LogP contribution in [0.2, 0.25) is 0 Å². The minimum atomic E-state index is -0.999. The first-order valence-corrected chi connectivity index (χ1v) is 10.4. The Morgan fingerprint density at radius 1 is 1.18 bits per heavy atom. The molecule has 1 saturated heterocycles. The SMILES string of the molecule is CC(C)(C)c1ccc(C(=O)CN2C(=O)N[C@@]3(CCCc4sccc43)C2=O)cc1. The molecule has 0 radical (unpaired) electrons. The molecule has 1 aliphatic heterocycles. The number of rotatable bonds is 3. The van der Waals surface area contributed by atoms with Crippen LogP contribution in [0.1, 0.15) is 60.0 Å². The maximum atomic E-state index is 13.2. The maximum absolute atomic E-state index is 13.2. The standard InChI is InChI=1S/C22H24N2O3S/c1-21(2,3)15-8-6-14(7-9-15)17(25)13-24-19(26)22(23-20(24)27)11-4-5-18-16(22)10-12-28-18/h6-10,12H,4-5,11,13H2,1-3H3,(H,23,27)/t22-/m1/s1. The number of benzene rings is 1. The number of aryl methyl sites for hydroxylation is 1. The highest BCUT2D eigenvalue weighted by atomic mass is 32.1. The molecular formula is C22H24N2O3S. The van der Waals surface area contributed by atoms with Crippen LogP contribution in [0.4, 0.5) is 4.79 Å². The van der Waals surface area contributed by atoms with E-state index in [4.69, 9.17) is 0 Å². The van der Waals surface area contributed by atoms with Gasteiger partial charge in [0.15, 0.2) is 5.78 Å². The van der Waals surface area contributed by atoms with E-state index in [0.717, 1.165) is 33.7 Å². The van der Waals surface area contributed by atoms with E-state index in [2.05, 4.69) is 26.1 Å². The van der Waals surface area contributed by atoms with E-state index in [0.29, 0.717) is 12.0 Å². The van der Waals surface area contributed by atoms with Gasteiger partial charge in [-0.3, -0.25) is 14.5 Å². The van der Waals surface area contributed by atoms with Crippen molar-refractivity contribution in [3.63, 3.8) is 0 Å². The second-order valence-electron chi connectivity index (χ2n) is 8.59. The summed E-state index contributed by atoms with van der Waals surface area (Å²) in [6.45, 7) is 6.10. The number of ketones is 1. The summed E-state index contributed by atoms with van der Waals surface area (Å²) >= 11 is 1.62. The van der Waals surface area contributed by atoms with E-state index in [1.165, 1.54) is 0 Å². The molecule has 1 atom stereocenters. The predicted molar refractivity (Wildman–Crippen MR) is 109 cm³/mol. The van der Waals surface area contributed by atoms with Crippen molar-refractivity contribution < 1.29 is 14.4 Å².